The van der Waals surface area contributed by atoms with E-state index in [2.05, 4.69) is 5.73 Å². The van der Waals surface area contributed by atoms with E-state index in [1.165, 1.54) is 0 Å². The summed E-state index contributed by atoms with van der Waals surface area (Å²) >= 11 is 0. The molecule has 5 N–H and O–H groups in total. The van der Waals surface area contributed by atoms with E-state index in [9.17, 15) is 0 Å². The molecule has 0 bridgehead atoms. The van der Waals surface area contributed by atoms with Gasteiger partial charge < -0.3 is 20.9 Å². The number of nitrogens with two attached hydrogens (primary N) is 1. The van der Waals surface area contributed by atoms with E-state index in [0.29, 0.717) is 6.54 Å². The second kappa shape index (κ2) is 38.4. The maximum absolute atomic E-state index is 4.97. The molecule has 0 heterocycles. The second-order valence-corrected chi connectivity index (χ2v) is 0.642. The minimum absolute atomic E-state index is 0. The third-order valence-corrected chi connectivity index (χ3v) is 0.204. The molecule has 0 fully saturated rings. The summed E-state index contributed by atoms with van der Waals surface area (Å²) in [5, 5.41) is 0. The van der Waals surface area contributed by atoms with Crippen LogP contribution >= 0.6 is 0 Å². The van der Waals surface area contributed by atoms with E-state index in [0.717, 1.165) is 6.54 Å². The summed E-state index contributed by atoms with van der Waals surface area (Å²) in [6.45, 7) is 1.56. The molecule has 0 saturated heterocycles. The Morgan fingerprint density at radius 3 is 1.43 bits per heavy atom. The zero-order chi connectivity index (χ0) is 3.41. The Hall–Kier alpha value is -0.0512. The summed E-state index contributed by atoms with van der Waals surface area (Å²) in [6, 6.07) is 0. The molecule has 42 valence electrons. The number of rotatable bonds is 1. The van der Waals surface area contributed by atoms with Crippen LogP contribution in [0.25, 0.3) is 0 Å². The first-order chi connectivity index (χ1) is 1.91. The Balaban J connectivity index is -0.0000000150. The quantitative estimate of drug-likeness (QED) is 0.322. The zero-order valence-corrected chi connectivity index (χ0v) is 4.16. The van der Waals surface area contributed by atoms with Gasteiger partial charge in [-0.25, -0.2) is 0 Å². The molecular weight excluding hydrogens is 99.0 g/mol. The van der Waals surface area contributed by atoms with Gasteiger partial charge in [0.25, 0.3) is 0 Å². The standard InChI is InChI=1S/C2H8N2.Be.2FH/c3-1-2-4;;;/h1-4H2;;2*1H/q;+2;;/p-1. The third-order valence-electron chi connectivity index (χ3n) is 0.204. The molecule has 0 radical (unpaired) electrons. The van der Waals surface area contributed by atoms with Gasteiger partial charge in [0.05, 0.1) is 6.54 Å². The van der Waals surface area contributed by atoms with Gasteiger partial charge in [-0.15, -0.1) is 0 Å². The summed E-state index contributed by atoms with van der Waals surface area (Å²) in [4.78, 5) is 0. The van der Waals surface area contributed by atoms with Crippen molar-refractivity contribution in [1.29, 1.82) is 0 Å². The minimum atomic E-state index is 0. The Labute approximate surface area is 45.2 Å². The Morgan fingerprint density at radius 2 is 1.43 bits per heavy atom. The predicted octanol–water partition coefficient (Wildman–Crippen LogP) is -8.19. The maximum atomic E-state index is 4.97. The van der Waals surface area contributed by atoms with Gasteiger partial charge in [0.15, 0.2) is 0 Å². The van der Waals surface area contributed by atoms with Crippen molar-refractivity contribution in [3.8, 4) is 0 Å². The number of hydrogen-bond acceptors (Lipinski definition) is 1. The Morgan fingerprint density at radius 1 is 1.29 bits per heavy atom. The van der Waals surface area contributed by atoms with Crippen LogP contribution in [0.4, 0.5) is 0 Å². The molecule has 0 aromatic carbocycles. The van der Waals surface area contributed by atoms with Gasteiger partial charge in [-0.3, -0.25) is 0 Å². The second-order valence-electron chi connectivity index (χ2n) is 0.642. The van der Waals surface area contributed by atoms with Crippen LogP contribution in [-0.4, -0.2) is 23.2 Å². The van der Waals surface area contributed by atoms with Crippen LogP contribution < -0.4 is 20.9 Å². The molecule has 0 aliphatic carbocycles. The number of halogens is 2. The molecule has 0 aromatic rings. The fourth-order valence-corrected chi connectivity index (χ4v) is 0. The average Bonchev–Trinajstić information content (AvgIpc) is 1.37. The third kappa shape index (κ3) is 103. The van der Waals surface area contributed by atoms with Gasteiger partial charge in [-0.1, -0.05) is 0 Å². The molecular formula is C2H9BeF2N2+. The van der Waals surface area contributed by atoms with E-state index >= 15 is 0 Å². The molecule has 0 unspecified atom stereocenters. The number of hydrogen-bond donors (Lipinski definition) is 2. The van der Waals surface area contributed by atoms with Crippen molar-refractivity contribution >= 4 is 10.1 Å². The molecule has 0 aliphatic rings. The Kier molecular flexibility index (Phi) is 155. The maximum Gasteiger partial charge on any atom is 2.00 e. The molecule has 0 amide bonds. The normalized spacial score (nSPS) is 4.29. The predicted molar refractivity (Wildman–Crippen MR) is 22.6 cm³/mol. The first kappa shape index (κ1) is 28.3. The molecule has 2 nitrogen and oxygen atoms in total. The van der Waals surface area contributed by atoms with E-state index in [4.69, 9.17) is 5.73 Å². The molecule has 0 atom stereocenters. The smallest absolute Gasteiger partial charge is 1.00 e. The van der Waals surface area contributed by atoms with Crippen molar-refractivity contribution < 1.29 is 15.1 Å². The van der Waals surface area contributed by atoms with Crippen molar-refractivity contribution in [2.24, 2.45) is 5.73 Å². The largest absolute Gasteiger partial charge is 2.00 e. The summed E-state index contributed by atoms with van der Waals surface area (Å²) in [5.41, 5.74) is 8.44. The van der Waals surface area contributed by atoms with Crippen molar-refractivity contribution in [1.82, 2.24) is 0 Å². The van der Waals surface area contributed by atoms with Crippen LogP contribution in [0, 0.1) is 0 Å². The van der Waals surface area contributed by atoms with Gasteiger partial charge in [0.1, 0.15) is 0 Å². The first-order valence-corrected chi connectivity index (χ1v) is 1.41. The first-order valence-electron chi connectivity index (χ1n) is 1.41. The van der Waals surface area contributed by atoms with E-state index in [1.807, 2.05) is 0 Å². The molecule has 0 rings (SSSR count). The molecule has 5 heteroatoms. The van der Waals surface area contributed by atoms with Crippen LogP contribution in [-0.2, 0) is 0 Å². The van der Waals surface area contributed by atoms with Crippen molar-refractivity contribution in [2.75, 3.05) is 13.1 Å². The van der Waals surface area contributed by atoms with Crippen LogP contribution in [0.15, 0.2) is 0 Å². The molecule has 0 saturated carbocycles. The van der Waals surface area contributed by atoms with Crippen LogP contribution in [0.5, 0.6) is 0 Å². The van der Waals surface area contributed by atoms with Gasteiger partial charge in [0, 0.05) is 6.54 Å². The fraction of sp³-hybridized carbons (Fsp3) is 1.00. The average molecular weight is 108 g/mol. The van der Waals surface area contributed by atoms with Crippen molar-refractivity contribution in [2.45, 2.75) is 0 Å². The minimum Gasteiger partial charge on any atom is -1.00 e. The van der Waals surface area contributed by atoms with E-state index in [-0.39, 0.29) is 19.5 Å². The Bertz CT molecular complexity index is 15.7. The molecule has 7 heavy (non-hydrogen) atoms. The SMILES string of the molecule is NCC[NH3+].[Be+2].[F-].[F-]. The van der Waals surface area contributed by atoms with Gasteiger partial charge in [-0.2, -0.15) is 0 Å². The molecule has 0 spiro atoms. The molecule has 0 aromatic heterocycles. The van der Waals surface area contributed by atoms with Crippen molar-refractivity contribution in [3.05, 3.63) is 0 Å². The number of quaternary nitrogens is 1. The topological polar surface area (TPSA) is 53.7 Å². The van der Waals surface area contributed by atoms with E-state index < -0.39 is 0 Å². The fourth-order valence-electron chi connectivity index (χ4n) is 0. The summed E-state index contributed by atoms with van der Waals surface area (Å²) < 4.78 is 0. The summed E-state index contributed by atoms with van der Waals surface area (Å²) in [5.74, 6) is 0. The van der Waals surface area contributed by atoms with E-state index in [1.54, 1.807) is 0 Å². The molecule has 0 aliphatic heterocycles. The summed E-state index contributed by atoms with van der Waals surface area (Å²) in [7, 11) is 0. The van der Waals surface area contributed by atoms with Crippen LogP contribution in [0.1, 0.15) is 0 Å². The van der Waals surface area contributed by atoms with Gasteiger partial charge >= 0.3 is 10.1 Å². The van der Waals surface area contributed by atoms with Gasteiger partial charge in [0.2, 0.25) is 0 Å². The monoisotopic (exact) mass is 108 g/mol. The zero-order valence-electron chi connectivity index (χ0n) is 4.16. The van der Waals surface area contributed by atoms with Gasteiger partial charge in [-0.05, 0) is 0 Å². The van der Waals surface area contributed by atoms with Crippen LogP contribution in [0.2, 0.25) is 0 Å². The van der Waals surface area contributed by atoms with Crippen LogP contribution in [0.3, 0.4) is 0 Å². The van der Waals surface area contributed by atoms with Crippen molar-refractivity contribution in [3.63, 3.8) is 0 Å². The summed E-state index contributed by atoms with van der Waals surface area (Å²) in [6.07, 6.45) is 0.